The molecule has 0 saturated heterocycles. The zero-order valence-electron chi connectivity index (χ0n) is 7.91. The first-order valence-electron chi connectivity index (χ1n) is 4.22. The molecule has 2 aromatic rings. The van der Waals surface area contributed by atoms with E-state index in [1.165, 1.54) is 0 Å². The molecule has 3 nitrogen and oxygen atoms in total. The molecule has 14 heavy (non-hydrogen) atoms. The topological polar surface area (TPSA) is 34.9 Å². The minimum Gasteiger partial charge on any atom is -0.298 e. The Bertz CT molecular complexity index is 516. The van der Waals surface area contributed by atoms with Crippen molar-refractivity contribution in [2.45, 2.75) is 6.92 Å². The summed E-state index contributed by atoms with van der Waals surface area (Å²) in [6.45, 7) is 1.93. The zero-order chi connectivity index (χ0) is 10.3. The average Bonchev–Trinajstić information content (AvgIpc) is 2.45. The summed E-state index contributed by atoms with van der Waals surface area (Å²) in [5.74, 6) is 0. The largest absolute Gasteiger partial charge is 0.298 e. The van der Waals surface area contributed by atoms with E-state index in [0.717, 1.165) is 17.4 Å². The van der Waals surface area contributed by atoms with Gasteiger partial charge in [-0.2, -0.15) is 5.10 Å². The molecule has 0 spiro atoms. The Balaban J connectivity index is 2.98. The number of nitrogens with zero attached hydrogens (tertiary/aromatic N) is 2. The van der Waals surface area contributed by atoms with Crippen molar-refractivity contribution in [3.8, 4) is 0 Å². The summed E-state index contributed by atoms with van der Waals surface area (Å²) >= 11 is 6.04. The van der Waals surface area contributed by atoms with Crippen LogP contribution in [0.3, 0.4) is 0 Å². The van der Waals surface area contributed by atoms with Crippen molar-refractivity contribution in [1.82, 2.24) is 9.78 Å². The molecule has 0 aliphatic rings. The van der Waals surface area contributed by atoms with E-state index in [-0.39, 0.29) is 0 Å². The molecule has 0 aliphatic carbocycles. The second-order valence-corrected chi connectivity index (χ2v) is 3.59. The lowest BCUT2D eigenvalue weighted by atomic mass is 10.1. The Morgan fingerprint density at radius 1 is 1.50 bits per heavy atom. The number of carbonyl (C=O) groups is 1. The van der Waals surface area contributed by atoms with Crippen LogP contribution in [-0.4, -0.2) is 16.1 Å². The van der Waals surface area contributed by atoms with Crippen LogP contribution >= 0.6 is 11.6 Å². The molecule has 0 fully saturated rings. The highest BCUT2D eigenvalue weighted by Crippen LogP contribution is 2.27. The molecule has 0 atom stereocenters. The maximum absolute atomic E-state index is 10.8. The molecular formula is C10H9ClN2O. The predicted molar refractivity (Wildman–Crippen MR) is 55.8 cm³/mol. The molecule has 0 radical (unpaired) electrons. The first kappa shape index (κ1) is 9.21. The van der Waals surface area contributed by atoms with Crippen molar-refractivity contribution in [3.05, 3.63) is 28.4 Å². The summed E-state index contributed by atoms with van der Waals surface area (Å²) in [6.07, 6.45) is 0.797. The number of fused-ring (bicyclic) bond motifs is 1. The van der Waals surface area contributed by atoms with Crippen LogP contribution in [0.25, 0.3) is 10.9 Å². The summed E-state index contributed by atoms with van der Waals surface area (Å²) in [7, 11) is 1.83. The number of aromatic nitrogens is 2. The second kappa shape index (κ2) is 3.10. The van der Waals surface area contributed by atoms with Crippen LogP contribution in [0.4, 0.5) is 0 Å². The van der Waals surface area contributed by atoms with Gasteiger partial charge in [0.05, 0.1) is 5.02 Å². The summed E-state index contributed by atoms with van der Waals surface area (Å²) in [6, 6.07) is 3.41. The van der Waals surface area contributed by atoms with Gasteiger partial charge < -0.3 is 0 Å². The Morgan fingerprint density at radius 3 is 2.86 bits per heavy atom. The van der Waals surface area contributed by atoms with Crippen LogP contribution in [0.2, 0.25) is 5.02 Å². The third kappa shape index (κ3) is 1.13. The van der Waals surface area contributed by atoms with Gasteiger partial charge >= 0.3 is 0 Å². The predicted octanol–water partition coefficient (Wildman–Crippen LogP) is 2.35. The average molecular weight is 209 g/mol. The first-order chi connectivity index (χ1) is 6.65. The van der Waals surface area contributed by atoms with Gasteiger partial charge in [-0.3, -0.25) is 9.48 Å². The van der Waals surface area contributed by atoms with Gasteiger partial charge in [0.15, 0.2) is 6.29 Å². The molecule has 1 aromatic carbocycles. The van der Waals surface area contributed by atoms with Crippen molar-refractivity contribution in [3.63, 3.8) is 0 Å². The SMILES string of the molecule is Cc1c2c(Cl)ccc(C=O)c2nn1C. The fourth-order valence-electron chi connectivity index (χ4n) is 1.52. The van der Waals surface area contributed by atoms with Gasteiger partial charge in [0.2, 0.25) is 0 Å². The number of aldehydes is 1. The van der Waals surface area contributed by atoms with E-state index in [1.54, 1.807) is 16.8 Å². The molecule has 0 saturated carbocycles. The highest BCUT2D eigenvalue weighted by molar-refractivity contribution is 6.36. The molecule has 2 rings (SSSR count). The van der Waals surface area contributed by atoms with E-state index in [9.17, 15) is 4.79 Å². The number of halogens is 1. The van der Waals surface area contributed by atoms with E-state index in [2.05, 4.69) is 5.10 Å². The van der Waals surface area contributed by atoms with Crippen molar-refractivity contribution in [1.29, 1.82) is 0 Å². The van der Waals surface area contributed by atoms with Crippen LogP contribution in [-0.2, 0) is 7.05 Å². The summed E-state index contributed by atoms with van der Waals surface area (Å²) in [4.78, 5) is 10.8. The van der Waals surface area contributed by atoms with Gasteiger partial charge in [-0.25, -0.2) is 0 Å². The van der Waals surface area contributed by atoms with E-state index in [0.29, 0.717) is 16.1 Å². The minimum atomic E-state index is 0.577. The first-order valence-corrected chi connectivity index (χ1v) is 4.60. The quantitative estimate of drug-likeness (QED) is 0.675. The van der Waals surface area contributed by atoms with E-state index >= 15 is 0 Å². The summed E-state index contributed by atoms with van der Waals surface area (Å²) in [5.41, 5.74) is 2.22. The third-order valence-electron chi connectivity index (χ3n) is 2.38. The Kier molecular flexibility index (Phi) is 2.04. The molecule has 4 heteroatoms. The molecule has 1 aromatic heterocycles. The Morgan fingerprint density at radius 2 is 2.21 bits per heavy atom. The van der Waals surface area contributed by atoms with Gasteiger partial charge in [-0.05, 0) is 19.1 Å². The van der Waals surface area contributed by atoms with Crippen LogP contribution in [0.1, 0.15) is 16.1 Å². The molecule has 0 bridgehead atoms. The van der Waals surface area contributed by atoms with Crippen molar-refractivity contribution in [2.75, 3.05) is 0 Å². The third-order valence-corrected chi connectivity index (χ3v) is 2.70. The minimum absolute atomic E-state index is 0.577. The number of aryl methyl sites for hydroxylation is 2. The lowest BCUT2D eigenvalue weighted by molar-refractivity contribution is 0.112. The van der Waals surface area contributed by atoms with Crippen LogP contribution in [0, 0.1) is 6.92 Å². The van der Waals surface area contributed by atoms with E-state index < -0.39 is 0 Å². The fraction of sp³-hybridized carbons (Fsp3) is 0.200. The van der Waals surface area contributed by atoms with Crippen molar-refractivity contribution >= 4 is 28.8 Å². The zero-order valence-corrected chi connectivity index (χ0v) is 8.67. The van der Waals surface area contributed by atoms with Crippen LogP contribution in [0.5, 0.6) is 0 Å². The number of benzene rings is 1. The highest BCUT2D eigenvalue weighted by Gasteiger charge is 2.11. The molecule has 0 aliphatic heterocycles. The van der Waals surface area contributed by atoms with Crippen molar-refractivity contribution < 1.29 is 4.79 Å². The van der Waals surface area contributed by atoms with Crippen LogP contribution < -0.4 is 0 Å². The number of hydrogen-bond acceptors (Lipinski definition) is 2. The number of rotatable bonds is 1. The van der Waals surface area contributed by atoms with Crippen molar-refractivity contribution in [2.24, 2.45) is 7.05 Å². The lowest BCUT2D eigenvalue weighted by Crippen LogP contribution is -1.91. The van der Waals surface area contributed by atoms with E-state index in [4.69, 9.17) is 11.6 Å². The fourth-order valence-corrected chi connectivity index (χ4v) is 1.81. The van der Waals surface area contributed by atoms with Gasteiger partial charge in [0, 0.05) is 23.7 Å². The summed E-state index contributed by atoms with van der Waals surface area (Å²) < 4.78 is 1.73. The maximum atomic E-state index is 10.8. The van der Waals surface area contributed by atoms with Gasteiger partial charge in [0.25, 0.3) is 0 Å². The Hall–Kier alpha value is -1.35. The number of carbonyl (C=O) groups excluding carboxylic acids is 1. The molecule has 0 amide bonds. The molecule has 0 unspecified atom stereocenters. The molecule has 1 heterocycles. The lowest BCUT2D eigenvalue weighted by Gasteiger charge is -1.96. The second-order valence-electron chi connectivity index (χ2n) is 3.19. The van der Waals surface area contributed by atoms with Crippen LogP contribution in [0.15, 0.2) is 12.1 Å². The number of hydrogen-bond donors (Lipinski definition) is 0. The molecular weight excluding hydrogens is 200 g/mol. The van der Waals surface area contributed by atoms with Gasteiger partial charge in [0.1, 0.15) is 5.52 Å². The van der Waals surface area contributed by atoms with Gasteiger partial charge in [-0.1, -0.05) is 11.6 Å². The normalized spacial score (nSPS) is 10.8. The monoisotopic (exact) mass is 208 g/mol. The molecule has 0 N–H and O–H groups in total. The van der Waals surface area contributed by atoms with E-state index in [1.807, 2.05) is 14.0 Å². The standard InChI is InChI=1S/C10H9ClN2O/c1-6-9-8(11)4-3-7(5-14)10(9)12-13(6)2/h3-5H,1-2H3. The Labute approximate surface area is 86.3 Å². The maximum Gasteiger partial charge on any atom is 0.152 e. The summed E-state index contributed by atoms with van der Waals surface area (Å²) in [5, 5.41) is 5.74. The highest BCUT2D eigenvalue weighted by atomic mass is 35.5. The molecule has 72 valence electrons. The smallest absolute Gasteiger partial charge is 0.152 e. The van der Waals surface area contributed by atoms with Gasteiger partial charge in [-0.15, -0.1) is 0 Å².